The summed E-state index contributed by atoms with van der Waals surface area (Å²) in [6.07, 6.45) is 0.921. The average Bonchev–Trinajstić information content (AvgIpc) is 3.01. The highest BCUT2D eigenvalue weighted by Crippen LogP contribution is 2.33. The molecular weight excluding hydrogens is 538 g/mol. The van der Waals surface area contributed by atoms with E-state index in [2.05, 4.69) is 95.9 Å². The fourth-order valence-electron chi connectivity index (χ4n) is 5.99. The second kappa shape index (κ2) is 14.1. The van der Waals surface area contributed by atoms with E-state index in [9.17, 15) is 9.59 Å². The smallest absolute Gasteiger partial charge is 0.323 e. The van der Waals surface area contributed by atoms with E-state index in [0.29, 0.717) is 17.8 Å². The Morgan fingerprint density at radius 1 is 0.837 bits per heavy atom. The van der Waals surface area contributed by atoms with E-state index in [-0.39, 0.29) is 23.8 Å². The molecule has 5 rings (SSSR count). The highest BCUT2D eigenvalue weighted by atomic mass is 16.5. The van der Waals surface area contributed by atoms with Gasteiger partial charge in [0.05, 0.1) is 18.8 Å². The van der Waals surface area contributed by atoms with E-state index in [0.717, 1.165) is 74.9 Å². The molecule has 0 aromatic heterocycles. The van der Waals surface area contributed by atoms with Crippen LogP contribution >= 0.6 is 0 Å². The number of carbonyl (C=O) groups is 2. The number of nitrogens with one attached hydrogen (secondary N) is 3. The second-order valence-corrected chi connectivity index (χ2v) is 12.1. The van der Waals surface area contributed by atoms with Crippen LogP contribution in [-0.4, -0.2) is 62.8 Å². The largest absolute Gasteiger partial charge is 0.379 e. The Hall–Kier alpha value is -3.88. The molecule has 3 N–H and O–H groups in total. The Bertz CT molecular complexity index is 1400. The van der Waals surface area contributed by atoms with Gasteiger partial charge >= 0.3 is 6.03 Å². The molecule has 0 spiro atoms. The van der Waals surface area contributed by atoms with E-state index in [4.69, 9.17) is 4.74 Å². The molecule has 0 saturated carbocycles. The monoisotopic (exact) mass is 583 g/mol. The summed E-state index contributed by atoms with van der Waals surface area (Å²) in [5.41, 5.74) is 7.69. The lowest BCUT2D eigenvalue weighted by atomic mass is 9.93. The molecular formula is C35H45N5O3. The summed E-state index contributed by atoms with van der Waals surface area (Å²) in [7, 11) is 0. The number of anilines is 3. The molecule has 0 aliphatic carbocycles. The zero-order valence-corrected chi connectivity index (χ0v) is 25.9. The van der Waals surface area contributed by atoms with Gasteiger partial charge in [-0.1, -0.05) is 70.2 Å². The van der Waals surface area contributed by atoms with Crippen LogP contribution in [0.25, 0.3) is 0 Å². The molecule has 0 radical (unpaired) electrons. The Labute approximate surface area is 255 Å². The quantitative estimate of drug-likeness (QED) is 0.279. The SMILES string of the molecule is CC(C)c1cccc(C(C)C)c1NC(=O)Nc1ccc(N2CCc3ccccc3C2)c(C(=O)NCCN2CCOCC2)c1. The van der Waals surface area contributed by atoms with Gasteiger partial charge in [0.25, 0.3) is 5.91 Å². The van der Waals surface area contributed by atoms with Crippen LogP contribution in [0.15, 0.2) is 60.7 Å². The molecule has 2 aliphatic heterocycles. The number of amides is 3. The second-order valence-electron chi connectivity index (χ2n) is 12.1. The molecule has 3 aromatic carbocycles. The number of hydrogen-bond donors (Lipinski definition) is 3. The first kappa shape index (κ1) is 30.6. The van der Waals surface area contributed by atoms with Gasteiger partial charge in [-0.05, 0) is 58.7 Å². The molecule has 0 atom stereocenters. The third kappa shape index (κ3) is 7.56. The highest BCUT2D eigenvalue weighted by Gasteiger charge is 2.23. The maximum atomic E-state index is 13.7. The molecule has 8 nitrogen and oxygen atoms in total. The van der Waals surface area contributed by atoms with E-state index >= 15 is 0 Å². The Kier molecular flexibility index (Phi) is 10.00. The first-order chi connectivity index (χ1) is 20.8. The number of para-hydroxylation sites is 1. The van der Waals surface area contributed by atoms with E-state index in [1.807, 2.05) is 12.1 Å². The van der Waals surface area contributed by atoms with Crippen molar-refractivity contribution in [3.63, 3.8) is 0 Å². The lowest BCUT2D eigenvalue weighted by Crippen LogP contribution is -2.41. The fraction of sp³-hybridized carbons (Fsp3) is 0.429. The van der Waals surface area contributed by atoms with Gasteiger partial charge in [0.2, 0.25) is 0 Å². The number of morpholine rings is 1. The summed E-state index contributed by atoms with van der Waals surface area (Å²) in [6.45, 7) is 14.6. The van der Waals surface area contributed by atoms with Crippen LogP contribution < -0.4 is 20.9 Å². The van der Waals surface area contributed by atoms with Crippen molar-refractivity contribution >= 4 is 29.0 Å². The highest BCUT2D eigenvalue weighted by molar-refractivity contribution is 6.04. The summed E-state index contributed by atoms with van der Waals surface area (Å²) in [6, 6.07) is 20.0. The molecule has 1 saturated heterocycles. The molecule has 8 heteroatoms. The van der Waals surface area contributed by atoms with Crippen molar-refractivity contribution in [3.05, 3.63) is 88.5 Å². The third-order valence-corrected chi connectivity index (χ3v) is 8.40. The van der Waals surface area contributed by atoms with Crippen molar-refractivity contribution in [2.75, 3.05) is 61.5 Å². The van der Waals surface area contributed by atoms with Crippen molar-refractivity contribution in [1.82, 2.24) is 10.2 Å². The number of benzene rings is 3. The summed E-state index contributed by atoms with van der Waals surface area (Å²) in [4.78, 5) is 31.6. The number of urea groups is 1. The lowest BCUT2D eigenvalue weighted by Gasteiger charge is -2.32. The van der Waals surface area contributed by atoms with Crippen LogP contribution in [0.2, 0.25) is 0 Å². The van der Waals surface area contributed by atoms with Gasteiger partial charge in [-0.2, -0.15) is 0 Å². The summed E-state index contributed by atoms with van der Waals surface area (Å²) >= 11 is 0. The Balaban J connectivity index is 1.36. The maximum absolute atomic E-state index is 13.7. The van der Waals surface area contributed by atoms with Crippen LogP contribution in [0.3, 0.4) is 0 Å². The number of fused-ring (bicyclic) bond motifs is 1. The van der Waals surface area contributed by atoms with Gasteiger partial charge in [-0.15, -0.1) is 0 Å². The Morgan fingerprint density at radius 2 is 1.53 bits per heavy atom. The van der Waals surface area contributed by atoms with Crippen molar-refractivity contribution in [2.45, 2.75) is 52.5 Å². The topological polar surface area (TPSA) is 85.9 Å². The van der Waals surface area contributed by atoms with Gasteiger partial charge in [-0.3, -0.25) is 9.69 Å². The normalized spacial score (nSPS) is 15.3. The van der Waals surface area contributed by atoms with Crippen LogP contribution in [0.4, 0.5) is 21.9 Å². The molecule has 1 fully saturated rings. The van der Waals surface area contributed by atoms with Crippen LogP contribution in [0.5, 0.6) is 0 Å². The number of hydrogen-bond acceptors (Lipinski definition) is 5. The minimum absolute atomic E-state index is 0.140. The standard InChI is InChI=1S/C35H45N5O3/c1-24(2)29-10-7-11-30(25(3)4)33(29)38-35(42)37-28-12-13-32(40-16-14-26-8-5-6-9-27(26)23-40)31(22-28)34(41)36-15-17-39-18-20-43-21-19-39/h5-13,22,24-25H,14-21,23H2,1-4H3,(H,36,41)(H2,37,38,42). The molecule has 43 heavy (non-hydrogen) atoms. The minimum atomic E-state index is -0.326. The van der Waals surface area contributed by atoms with Crippen molar-refractivity contribution < 1.29 is 14.3 Å². The zero-order valence-electron chi connectivity index (χ0n) is 25.9. The molecule has 3 aromatic rings. The van der Waals surface area contributed by atoms with E-state index in [1.54, 1.807) is 6.07 Å². The summed E-state index contributed by atoms with van der Waals surface area (Å²) in [5.74, 6) is 0.379. The van der Waals surface area contributed by atoms with Crippen molar-refractivity contribution in [2.24, 2.45) is 0 Å². The van der Waals surface area contributed by atoms with Gasteiger partial charge in [0.1, 0.15) is 0 Å². The third-order valence-electron chi connectivity index (χ3n) is 8.40. The summed E-state index contributed by atoms with van der Waals surface area (Å²) in [5, 5.41) is 9.25. The average molecular weight is 584 g/mol. The first-order valence-electron chi connectivity index (χ1n) is 15.5. The minimum Gasteiger partial charge on any atom is -0.379 e. The number of nitrogens with zero attached hydrogens (tertiary/aromatic N) is 2. The summed E-state index contributed by atoms with van der Waals surface area (Å²) < 4.78 is 5.45. The molecule has 2 heterocycles. The van der Waals surface area contributed by atoms with Crippen LogP contribution in [-0.2, 0) is 17.7 Å². The van der Waals surface area contributed by atoms with Crippen molar-refractivity contribution in [3.8, 4) is 0 Å². The predicted octanol–water partition coefficient (Wildman–Crippen LogP) is 6.20. The zero-order chi connectivity index (χ0) is 30.3. The maximum Gasteiger partial charge on any atom is 0.323 e. The van der Waals surface area contributed by atoms with Crippen molar-refractivity contribution in [1.29, 1.82) is 0 Å². The number of ether oxygens (including phenoxy) is 1. The number of rotatable bonds is 9. The van der Waals surface area contributed by atoms with Crippen LogP contribution in [0.1, 0.15) is 72.1 Å². The van der Waals surface area contributed by atoms with E-state index < -0.39 is 0 Å². The Morgan fingerprint density at radius 3 is 2.23 bits per heavy atom. The van der Waals surface area contributed by atoms with Gasteiger partial charge in [0.15, 0.2) is 0 Å². The molecule has 3 amide bonds. The lowest BCUT2D eigenvalue weighted by molar-refractivity contribution is 0.0383. The number of carbonyl (C=O) groups excluding carboxylic acids is 2. The van der Waals surface area contributed by atoms with Gasteiger partial charge in [0, 0.05) is 56.3 Å². The van der Waals surface area contributed by atoms with E-state index in [1.165, 1.54) is 11.1 Å². The molecule has 0 bridgehead atoms. The molecule has 0 unspecified atom stereocenters. The first-order valence-corrected chi connectivity index (χ1v) is 15.5. The molecule has 2 aliphatic rings. The van der Waals surface area contributed by atoms with Gasteiger partial charge < -0.3 is 25.6 Å². The molecule has 228 valence electrons. The predicted molar refractivity (Wildman–Crippen MR) is 174 cm³/mol. The van der Waals surface area contributed by atoms with Crippen LogP contribution in [0, 0.1) is 0 Å². The van der Waals surface area contributed by atoms with Gasteiger partial charge in [-0.25, -0.2) is 4.79 Å². The fourth-order valence-corrected chi connectivity index (χ4v) is 5.99.